The number of nitrogens with zero attached hydrogens (tertiary/aromatic N) is 1. The van der Waals surface area contributed by atoms with Crippen LogP contribution in [0.15, 0.2) is 146 Å². The zero-order valence-corrected chi connectivity index (χ0v) is 68.0. The van der Waals surface area contributed by atoms with Crippen molar-refractivity contribution in [2.45, 2.75) is 380 Å². The van der Waals surface area contributed by atoms with Gasteiger partial charge in [-0.2, -0.15) is 0 Å². The number of phosphoric acid groups is 1. The van der Waals surface area contributed by atoms with Crippen molar-refractivity contribution < 1.29 is 42.1 Å². The van der Waals surface area contributed by atoms with Crippen molar-refractivity contribution in [3.8, 4) is 0 Å². The van der Waals surface area contributed by atoms with E-state index in [1.54, 1.807) is 0 Å². The molecule has 0 spiro atoms. The van der Waals surface area contributed by atoms with E-state index >= 15 is 0 Å². The molecule has 0 rings (SSSR count). The Bertz CT molecular complexity index is 2240. The maximum atomic E-state index is 12.9. The molecule has 10 heteroatoms. The van der Waals surface area contributed by atoms with Crippen molar-refractivity contribution in [3.05, 3.63) is 146 Å². The second-order valence-electron chi connectivity index (χ2n) is 29.5. The van der Waals surface area contributed by atoms with Crippen molar-refractivity contribution in [1.82, 2.24) is 0 Å². The highest BCUT2D eigenvalue weighted by Gasteiger charge is 2.27. The van der Waals surface area contributed by atoms with Crippen LogP contribution in [-0.2, 0) is 32.7 Å². The number of quaternary nitrogens is 1. The number of ether oxygens (including phenoxy) is 2. The first-order valence-corrected chi connectivity index (χ1v) is 44.1. The molecule has 0 aromatic heterocycles. The molecule has 0 radical (unpaired) electrons. The minimum absolute atomic E-state index is 0.0173. The van der Waals surface area contributed by atoms with Crippen LogP contribution < -0.4 is 0 Å². The molecule has 0 saturated carbocycles. The molecule has 0 aromatic rings. The molecular weight excluding hydrogens is 1280 g/mol. The van der Waals surface area contributed by atoms with Gasteiger partial charge in [-0.15, -0.1) is 0 Å². The average molecular weight is 1440 g/mol. The molecule has 1 N–H and O–H groups in total. The van der Waals surface area contributed by atoms with Crippen molar-refractivity contribution in [3.63, 3.8) is 0 Å². The van der Waals surface area contributed by atoms with Gasteiger partial charge in [0.2, 0.25) is 0 Å². The van der Waals surface area contributed by atoms with Gasteiger partial charge in [0.05, 0.1) is 27.7 Å². The maximum absolute atomic E-state index is 12.9. The molecule has 0 fully saturated rings. The molecule has 0 bridgehead atoms. The first kappa shape index (κ1) is 97.9. The summed E-state index contributed by atoms with van der Waals surface area (Å²) in [5.41, 5.74) is 0. The molecule has 9 nitrogen and oxygen atoms in total. The SMILES string of the molecule is CC/C=C\C/C=C\C/C=C\C/C=C\C/C=C\C/C=C\C/C=C\C/C=C\C/C=C\C/C=C\C/C=C\C/C=C\CCCCC(=O)OC(COC(=O)CCCCCCCCCCCCCCCCCCCCCCCCCCCCCCCCCCCCCCCCC)COP(=O)(O)OCC[N+](C)(C)C. The number of esters is 2. The Balaban J connectivity index is 4.03. The van der Waals surface area contributed by atoms with Crippen molar-refractivity contribution >= 4 is 19.8 Å². The van der Waals surface area contributed by atoms with Crippen LogP contribution in [0, 0.1) is 0 Å². The van der Waals surface area contributed by atoms with Gasteiger partial charge >= 0.3 is 19.8 Å². The number of unbranched alkanes of at least 4 members (excludes halogenated alkanes) is 40. The molecule has 0 aliphatic rings. The van der Waals surface area contributed by atoms with Crippen LogP contribution in [0.1, 0.15) is 373 Å². The summed E-state index contributed by atoms with van der Waals surface area (Å²) in [4.78, 5) is 36.0. The topological polar surface area (TPSA) is 108 Å². The van der Waals surface area contributed by atoms with E-state index in [2.05, 4.69) is 160 Å². The number of hydrogen-bond acceptors (Lipinski definition) is 7. The Morgan fingerprint density at radius 3 is 0.833 bits per heavy atom. The number of allylic oxidation sites excluding steroid dienone is 24. The molecule has 2 unspecified atom stereocenters. The molecule has 0 amide bonds. The smallest absolute Gasteiger partial charge is 0.462 e. The highest BCUT2D eigenvalue weighted by atomic mass is 31.2. The first-order valence-electron chi connectivity index (χ1n) is 42.6. The lowest BCUT2D eigenvalue weighted by atomic mass is 10.0. The van der Waals surface area contributed by atoms with Gasteiger partial charge in [0.15, 0.2) is 6.10 Å². The van der Waals surface area contributed by atoms with Crippen LogP contribution in [0.3, 0.4) is 0 Å². The maximum Gasteiger partial charge on any atom is 0.472 e. The minimum Gasteiger partial charge on any atom is -0.462 e. The molecule has 0 aliphatic carbocycles. The lowest BCUT2D eigenvalue weighted by Gasteiger charge is -2.24. The van der Waals surface area contributed by atoms with Gasteiger partial charge in [0, 0.05) is 12.8 Å². The summed E-state index contributed by atoms with van der Waals surface area (Å²) in [7, 11) is 1.44. The lowest BCUT2D eigenvalue weighted by molar-refractivity contribution is -0.870. The van der Waals surface area contributed by atoms with Crippen LogP contribution >= 0.6 is 7.82 Å². The van der Waals surface area contributed by atoms with Gasteiger partial charge in [-0.25, -0.2) is 4.57 Å². The summed E-state index contributed by atoms with van der Waals surface area (Å²) in [5, 5.41) is 0. The normalized spacial score (nSPS) is 13.7. The van der Waals surface area contributed by atoms with Crippen molar-refractivity contribution in [2.24, 2.45) is 0 Å². The molecule has 0 aromatic carbocycles. The Labute approximate surface area is 631 Å². The van der Waals surface area contributed by atoms with Crippen LogP contribution in [0.4, 0.5) is 0 Å². The first-order chi connectivity index (χ1) is 50.0. The van der Waals surface area contributed by atoms with E-state index in [4.69, 9.17) is 18.5 Å². The summed E-state index contributed by atoms with van der Waals surface area (Å²) in [6.45, 7) is 4.30. The predicted octanol–water partition coefficient (Wildman–Crippen LogP) is 28.8. The Hall–Kier alpha value is -4.11. The molecule has 102 heavy (non-hydrogen) atoms. The highest BCUT2D eigenvalue weighted by molar-refractivity contribution is 7.47. The minimum atomic E-state index is -4.42. The summed E-state index contributed by atoms with van der Waals surface area (Å²) in [5.74, 6) is -0.844. The standard InChI is InChI=1S/C92H160NO8P/c1-6-8-10-12-14-16-18-20-22-24-26-28-30-32-34-36-38-40-42-44-46-48-50-52-54-56-58-60-62-64-66-68-70-72-74-76-78-80-82-84-91(94)98-88-90(89-100-102(96,97)99-87-86-93(3,4)5)101-92(95)85-83-81-79-77-75-73-71-69-67-65-63-61-59-57-55-53-51-49-47-45-43-41-39-37-35-33-31-29-27-25-23-21-19-17-15-13-11-9-7-2/h9,11,15,17,21,23,27,29,33,35,39,41,45,47,51,53,57,59,63,65,69,71,75,77,90H,6-8,10,12-14,16,18-20,22,24-26,28,30-32,34,36-38,40,42-44,46,48-50,52,54-56,58,60-62,64,66-68,70,72-74,76,78-89H2,1-5H3/p+1/b11-9-,17-15-,23-21-,29-27-,35-33-,41-39-,47-45-,53-51-,59-57-,65-63-,71-69-,77-75-. The zero-order valence-electron chi connectivity index (χ0n) is 67.1. The van der Waals surface area contributed by atoms with Crippen LogP contribution in [0.25, 0.3) is 0 Å². The van der Waals surface area contributed by atoms with E-state index in [-0.39, 0.29) is 32.0 Å². The van der Waals surface area contributed by atoms with E-state index in [9.17, 15) is 19.0 Å². The number of carbonyl (C=O) groups excluding carboxylic acids is 2. The largest absolute Gasteiger partial charge is 0.472 e. The van der Waals surface area contributed by atoms with E-state index in [0.717, 1.165) is 109 Å². The monoisotopic (exact) mass is 1440 g/mol. The van der Waals surface area contributed by atoms with Gasteiger partial charge in [-0.1, -0.05) is 404 Å². The third-order valence-electron chi connectivity index (χ3n) is 18.4. The molecular formula is C92H161NO8P+. The van der Waals surface area contributed by atoms with Gasteiger partial charge in [-0.05, 0) is 103 Å². The average Bonchev–Trinajstić information content (AvgIpc) is 0.914. The van der Waals surface area contributed by atoms with E-state index < -0.39 is 26.5 Å². The molecule has 586 valence electrons. The fourth-order valence-electron chi connectivity index (χ4n) is 11.9. The Morgan fingerprint density at radius 1 is 0.314 bits per heavy atom. The molecule has 2 atom stereocenters. The zero-order chi connectivity index (χ0) is 74.0. The van der Waals surface area contributed by atoms with Crippen molar-refractivity contribution in [1.29, 1.82) is 0 Å². The van der Waals surface area contributed by atoms with Gasteiger partial charge < -0.3 is 18.9 Å². The number of hydrogen-bond donors (Lipinski definition) is 1. The van der Waals surface area contributed by atoms with Crippen LogP contribution in [0.2, 0.25) is 0 Å². The second kappa shape index (κ2) is 81.0. The second-order valence-corrected chi connectivity index (χ2v) is 30.9. The molecule has 0 heterocycles. The van der Waals surface area contributed by atoms with E-state index in [1.807, 2.05) is 21.1 Å². The highest BCUT2D eigenvalue weighted by Crippen LogP contribution is 2.43. The molecule has 0 aliphatic heterocycles. The Kier molecular flexibility index (Phi) is 77.7. The van der Waals surface area contributed by atoms with Gasteiger partial charge in [0.25, 0.3) is 0 Å². The van der Waals surface area contributed by atoms with Crippen LogP contribution in [0.5, 0.6) is 0 Å². The van der Waals surface area contributed by atoms with Crippen molar-refractivity contribution in [2.75, 3.05) is 47.5 Å². The molecule has 0 saturated heterocycles. The van der Waals surface area contributed by atoms with Crippen LogP contribution in [-0.4, -0.2) is 74.9 Å². The summed E-state index contributed by atoms with van der Waals surface area (Å²) < 4.78 is 34.8. The predicted molar refractivity (Wildman–Crippen MR) is 445 cm³/mol. The van der Waals surface area contributed by atoms with Gasteiger partial charge in [0.1, 0.15) is 19.8 Å². The summed E-state index contributed by atoms with van der Waals surface area (Å²) in [6.07, 6.45) is 120. The summed E-state index contributed by atoms with van der Waals surface area (Å²) in [6, 6.07) is 0. The lowest BCUT2D eigenvalue weighted by Crippen LogP contribution is -2.37. The van der Waals surface area contributed by atoms with Gasteiger partial charge in [-0.3, -0.25) is 18.6 Å². The fraction of sp³-hybridized carbons (Fsp3) is 0.717. The third kappa shape index (κ3) is 84.8. The number of phosphoric ester groups is 1. The number of likely N-dealkylation sites (N-methyl/N-ethyl adjacent to an activating group) is 1. The third-order valence-corrected chi connectivity index (χ3v) is 19.4. The quantitative estimate of drug-likeness (QED) is 0.0211. The Morgan fingerprint density at radius 2 is 0.559 bits per heavy atom. The van der Waals surface area contributed by atoms with E-state index in [1.165, 1.54) is 231 Å². The fourth-order valence-corrected chi connectivity index (χ4v) is 12.7. The summed E-state index contributed by atoms with van der Waals surface area (Å²) >= 11 is 0. The van der Waals surface area contributed by atoms with E-state index in [0.29, 0.717) is 17.4 Å². The number of rotatable bonds is 78. The number of carbonyl (C=O) groups is 2.